The number of hydrogen-bond acceptors (Lipinski definition) is 5. The molecule has 0 spiro atoms. The molecule has 4 rings (SSSR count). The molecule has 0 unspecified atom stereocenters. The molecular weight excluding hydrogens is 418 g/mol. The lowest BCUT2D eigenvalue weighted by atomic mass is 10.2. The first-order chi connectivity index (χ1) is 14.8. The third-order valence-electron chi connectivity index (χ3n) is 4.40. The minimum absolute atomic E-state index is 0.500. The van der Waals surface area contributed by atoms with Gasteiger partial charge in [-0.3, -0.25) is 4.57 Å². The highest BCUT2D eigenvalue weighted by atomic mass is 35.5. The van der Waals surface area contributed by atoms with Crippen LogP contribution in [0.4, 0.5) is 0 Å². The van der Waals surface area contributed by atoms with Crippen LogP contribution in [-0.2, 0) is 0 Å². The highest BCUT2D eigenvalue weighted by molar-refractivity contribution is 7.99. The molecule has 0 N–H and O–H groups in total. The number of para-hydroxylation sites is 3. The van der Waals surface area contributed by atoms with E-state index in [1.165, 1.54) is 0 Å². The second kappa shape index (κ2) is 9.69. The van der Waals surface area contributed by atoms with Crippen LogP contribution in [0.2, 0.25) is 5.02 Å². The number of ether oxygens (including phenoxy) is 2. The molecule has 0 radical (unpaired) electrons. The quantitative estimate of drug-likeness (QED) is 0.259. The van der Waals surface area contributed by atoms with Crippen molar-refractivity contribution in [2.75, 3.05) is 19.5 Å². The smallest absolute Gasteiger partial charge is 0.196 e. The molecular formula is C23H20ClN3O2S. The number of benzene rings is 3. The number of nitrogens with zero attached hydrogens (tertiary/aromatic N) is 3. The van der Waals surface area contributed by atoms with Crippen LogP contribution in [0, 0.1) is 0 Å². The van der Waals surface area contributed by atoms with Crippen molar-refractivity contribution in [2.45, 2.75) is 5.16 Å². The van der Waals surface area contributed by atoms with Gasteiger partial charge in [0.25, 0.3) is 0 Å². The van der Waals surface area contributed by atoms with Gasteiger partial charge in [0.1, 0.15) is 11.5 Å². The predicted molar refractivity (Wildman–Crippen MR) is 121 cm³/mol. The van der Waals surface area contributed by atoms with E-state index >= 15 is 0 Å². The number of hydrogen-bond donors (Lipinski definition) is 0. The summed E-state index contributed by atoms with van der Waals surface area (Å²) in [6.07, 6.45) is 0. The van der Waals surface area contributed by atoms with Gasteiger partial charge in [0.05, 0.1) is 24.3 Å². The summed E-state index contributed by atoms with van der Waals surface area (Å²) in [5, 5.41) is 10.3. The Morgan fingerprint density at radius 3 is 2.33 bits per heavy atom. The maximum atomic E-state index is 6.16. The summed E-state index contributed by atoms with van der Waals surface area (Å²) in [5.41, 5.74) is 1.87. The average molecular weight is 438 g/mol. The number of aromatic nitrogens is 3. The second-order valence-corrected chi connectivity index (χ2v) is 7.77. The number of rotatable bonds is 8. The molecule has 4 aromatic rings. The van der Waals surface area contributed by atoms with Crippen molar-refractivity contribution in [2.24, 2.45) is 0 Å². The zero-order valence-electron chi connectivity index (χ0n) is 16.4. The van der Waals surface area contributed by atoms with Gasteiger partial charge in [-0.25, -0.2) is 0 Å². The summed E-state index contributed by atoms with van der Waals surface area (Å²) >= 11 is 7.73. The van der Waals surface area contributed by atoms with Crippen LogP contribution < -0.4 is 9.47 Å². The van der Waals surface area contributed by atoms with Crippen molar-refractivity contribution in [3.63, 3.8) is 0 Å². The molecule has 0 aliphatic carbocycles. The van der Waals surface area contributed by atoms with Crippen LogP contribution >= 0.6 is 23.4 Å². The lowest BCUT2D eigenvalue weighted by molar-refractivity contribution is 0.344. The minimum atomic E-state index is 0.500. The standard InChI is InChI=1S/C23H20ClN3O2S/c1-28-20-13-7-5-11-18(20)22-25-26-23(27(22)17-9-3-2-4-10-17)30-16-15-29-21-14-8-6-12-19(21)24/h2-14H,15-16H2,1H3. The summed E-state index contributed by atoms with van der Waals surface area (Å²) < 4.78 is 13.4. The van der Waals surface area contributed by atoms with Gasteiger partial charge in [0.2, 0.25) is 0 Å². The highest BCUT2D eigenvalue weighted by Crippen LogP contribution is 2.33. The molecule has 0 aliphatic rings. The van der Waals surface area contributed by atoms with Crippen LogP contribution in [0.15, 0.2) is 84.0 Å². The first kappa shape index (κ1) is 20.3. The van der Waals surface area contributed by atoms with Gasteiger partial charge in [0.15, 0.2) is 11.0 Å². The maximum Gasteiger partial charge on any atom is 0.196 e. The van der Waals surface area contributed by atoms with Crippen molar-refractivity contribution in [1.82, 2.24) is 14.8 Å². The summed E-state index contributed by atoms with van der Waals surface area (Å²) in [6, 6.07) is 25.3. The molecule has 1 heterocycles. The Kier molecular flexibility index (Phi) is 6.57. The molecule has 0 atom stereocenters. The van der Waals surface area contributed by atoms with E-state index in [0.29, 0.717) is 23.1 Å². The van der Waals surface area contributed by atoms with Crippen molar-refractivity contribution >= 4 is 23.4 Å². The largest absolute Gasteiger partial charge is 0.496 e. The predicted octanol–water partition coefficient (Wildman–Crippen LogP) is 5.77. The third kappa shape index (κ3) is 4.45. The molecule has 0 saturated carbocycles. The summed E-state index contributed by atoms with van der Waals surface area (Å²) in [5.74, 6) is 2.86. The fraction of sp³-hybridized carbons (Fsp3) is 0.130. The first-order valence-corrected chi connectivity index (χ1v) is 10.8. The number of methoxy groups -OCH3 is 1. The van der Waals surface area contributed by atoms with E-state index in [9.17, 15) is 0 Å². The molecule has 0 bridgehead atoms. The summed E-state index contributed by atoms with van der Waals surface area (Å²) in [4.78, 5) is 0. The van der Waals surface area contributed by atoms with E-state index in [-0.39, 0.29) is 0 Å². The fourth-order valence-corrected chi connectivity index (χ4v) is 3.98. The van der Waals surface area contributed by atoms with E-state index in [2.05, 4.69) is 10.2 Å². The Bertz CT molecular complexity index is 1120. The zero-order valence-corrected chi connectivity index (χ0v) is 17.9. The van der Waals surface area contributed by atoms with Gasteiger partial charge < -0.3 is 9.47 Å². The molecule has 1 aromatic heterocycles. The van der Waals surface area contributed by atoms with Crippen molar-refractivity contribution in [1.29, 1.82) is 0 Å². The van der Waals surface area contributed by atoms with Crippen LogP contribution in [0.1, 0.15) is 0 Å². The Balaban J connectivity index is 1.59. The van der Waals surface area contributed by atoms with Crippen LogP contribution in [0.5, 0.6) is 11.5 Å². The highest BCUT2D eigenvalue weighted by Gasteiger charge is 2.18. The molecule has 152 valence electrons. The van der Waals surface area contributed by atoms with Gasteiger partial charge in [-0.2, -0.15) is 0 Å². The monoisotopic (exact) mass is 437 g/mol. The first-order valence-electron chi connectivity index (χ1n) is 9.42. The Hall–Kier alpha value is -2.96. The fourth-order valence-electron chi connectivity index (χ4n) is 3.02. The molecule has 30 heavy (non-hydrogen) atoms. The normalized spacial score (nSPS) is 10.7. The SMILES string of the molecule is COc1ccccc1-c1nnc(SCCOc2ccccc2Cl)n1-c1ccccc1. The Morgan fingerprint density at radius 2 is 1.57 bits per heavy atom. The number of halogens is 1. The van der Waals surface area contributed by atoms with Crippen LogP contribution in [0.3, 0.4) is 0 Å². The van der Waals surface area contributed by atoms with E-state index < -0.39 is 0 Å². The summed E-state index contributed by atoms with van der Waals surface area (Å²) in [6.45, 7) is 0.500. The molecule has 0 fully saturated rings. The summed E-state index contributed by atoms with van der Waals surface area (Å²) in [7, 11) is 1.66. The van der Waals surface area contributed by atoms with Crippen molar-refractivity contribution < 1.29 is 9.47 Å². The minimum Gasteiger partial charge on any atom is -0.496 e. The molecule has 7 heteroatoms. The average Bonchev–Trinajstić information content (AvgIpc) is 3.22. The van der Waals surface area contributed by atoms with Gasteiger partial charge in [-0.1, -0.05) is 65.8 Å². The van der Waals surface area contributed by atoms with Crippen molar-refractivity contribution in [3.8, 4) is 28.6 Å². The lowest BCUT2D eigenvalue weighted by Gasteiger charge is -2.12. The van der Waals surface area contributed by atoms with Gasteiger partial charge in [-0.05, 0) is 36.4 Å². The lowest BCUT2D eigenvalue weighted by Crippen LogP contribution is -2.04. The topological polar surface area (TPSA) is 49.2 Å². The zero-order chi connectivity index (χ0) is 20.8. The van der Waals surface area contributed by atoms with Gasteiger partial charge in [0, 0.05) is 11.4 Å². The second-order valence-electron chi connectivity index (χ2n) is 6.30. The number of thioether (sulfide) groups is 1. The molecule has 0 aliphatic heterocycles. The van der Waals surface area contributed by atoms with Crippen LogP contribution in [-0.4, -0.2) is 34.2 Å². The van der Waals surface area contributed by atoms with E-state index in [4.69, 9.17) is 21.1 Å². The Labute approximate surface area is 184 Å². The van der Waals surface area contributed by atoms with Gasteiger partial charge in [-0.15, -0.1) is 10.2 Å². The molecule has 0 amide bonds. The van der Waals surface area contributed by atoms with E-state index in [1.54, 1.807) is 18.9 Å². The Morgan fingerprint density at radius 1 is 0.867 bits per heavy atom. The maximum absolute atomic E-state index is 6.16. The van der Waals surface area contributed by atoms with Crippen LogP contribution in [0.25, 0.3) is 17.1 Å². The molecule has 0 saturated heterocycles. The van der Waals surface area contributed by atoms with E-state index in [0.717, 1.165) is 28.0 Å². The molecule has 3 aromatic carbocycles. The van der Waals surface area contributed by atoms with Crippen molar-refractivity contribution in [3.05, 3.63) is 83.9 Å². The molecule has 5 nitrogen and oxygen atoms in total. The third-order valence-corrected chi connectivity index (χ3v) is 5.61. The van der Waals surface area contributed by atoms with Gasteiger partial charge >= 0.3 is 0 Å². The van der Waals surface area contributed by atoms with E-state index in [1.807, 2.05) is 83.4 Å².